The fraction of sp³-hybridized carbons (Fsp3) is 0.286. The first-order valence-corrected chi connectivity index (χ1v) is 5.08. The molecule has 0 aliphatic heterocycles. The molecule has 0 unspecified atom stereocenters. The Balaban J connectivity index is 3.08. The van der Waals surface area contributed by atoms with E-state index < -0.39 is 0 Å². The highest BCUT2D eigenvalue weighted by atomic mass is 14.0. The second-order valence-electron chi connectivity index (χ2n) is 3.67. The van der Waals surface area contributed by atoms with Crippen LogP contribution >= 0.6 is 0 Å². The highest BCUT2D eigenvalue weighted by Gasteiger charge is 1.98. The Morgan fingerprint density at radius 3 is 2.14 bits per heavy atom. The molecule has 0 spiro atoms. The zero-order valence-electron chi connectivity index (χ0n) is 9.30. The molecule has 0 saturated heterocycles. The van der Waals surface area contributed by atoms with Crippen LogP contribution in [-0.2, 0) is 6.42 Å². The molecule has 1 aromatic carbocycles. The van der Waals surface area contributed by atoms with Crippen molar-refractivity contribution >= 4 is 5.57 Å². The van der Waals surface area contributed by atoms with Gasteiger partial charge < -0.3 is 0 Å². The fourth-order valence-electron chi connectivity index (χ4n) is 1.53. The van der Waals surface area contributed by atoms with E-state index in [4.69, 9.17) is 0 Å². The van der Waals surface area contributed by atoms with Crippen LogP contribution in [0.25, 0.3) is 5.57 Å². The van der Waals surface area contributed by atoms with Gasteiger partial charge in [-0.1, -0.05) is 49.4 Å². The minimum Gasteiger partial charge on any atom is -0.0985 e. The van der Waals surface area contributed by atoms with Gasteiger partial charge >= 0.3 is 0 Å². The molecular weight excluding hydrogens is 168 g/mol. The molecule has 0 nitrogen and oxygen atoms in total. The van der Waals surface area contributed by atoms with Gasteiger partial charge in [0.25, 0.3) is 0 Å². The first-order chi connectivity index (χ1) is 6.69. The van der Waals surface area contributed by atoms with Gasteiger partial charge in [0.15, 0.2) is 0 Å². The summed E-state index contributed by atoms with van der Waals surface area (Å²) in [4.78, 5) is 0. The predicted octanol–water partition coefficient (Wildman–Crippen LogP) is 4.23. The molecule has 1 aromatic rings. The molecule has 0 aliphatic rings. The first kappa shape index (κ1) is 10.8. The Morgan fingerprint density at radius 1 is 1.21 bits per heavy atom. The van der Waals surface area contributed by atoms with Crippen molar-refractivity contribution in [3.8, 4) is 0 Å². The van der Waals surface area contributed by atoms with Gasteiger partial charge in [0.1, 0.15) is 0 Å². The van der Waals surface area contributed by atoms with E-state index in [1.165, 1.54) is 22.3 Å². The summed E-state index contributed by atoms with van der Waals surface area (Å²) in [5.74, 6) is 0. The molecule has 0 bridgehead atoms. The van der Waals surface area contributed by atoms with Gasteiger partial charge in [0.2, 0.25) is 0 Å². The van der Waals surface area contributed by atoms with Crippen LogP contribution in [-0.4, -0.2) is 0 Å². The molecular formula is C14H18. The van der Waals surface area contributed by atoms with Gasteiger partial charge in [-0.3, -0.25) is 0 Å². The van der Waals surface area contributed by atoms with Crippen molar-refractivity contribution in [2.45, 2.75) is 27.2 Å². The van der Waals surface area contributed by atoms with Gasteiger partial charge in [0, 0.05) is 0 Å². The predicted molar refractivity (Wildman–Crippen MR) is 64.3 cm³/mol. The summed E-state index contributed by atoms with van der Waals surface area (Å²) in [6, 6.07) is 8.70. The van der Waals surface area contributed by atoms with Crippen molar-refractivity contribution in [1.82, 2.24) is 0 Å². The molecule has 0 fully saturated rings. The minimum absolute atomic E-state index is 1.10. The summed E-state index contributed by atoms with van der Waals surface area (Å²) in [7, 11) is 0. The van der Waals surface area contributed by atoms with E-state index in [2.05, 4.69) is 51.6 Å². The smallest absolute Gasteiger partial charge is 0.0185 e. The van der Waals surface area contributed by atoms with Gasteiger partial charge in [-0.2, -0.15) is 0 Å². The van der Waals surface area contributed by atoms with Gasteiger partial charge in [-0.05, 0) is 37.0 Å². The largest absolute Gasteiger partial charge is 0.0985 e. The Hall–Kier alpha value is -1.30. The number of aryl methyl sites for hydroxylation is 1. The third-order valence-electron chi connectivity index (χ3n) is 2.42. The number of benzene rings is 1. The van der Waals surface area contributed by atoms with Crippen molar-refractivity contribution in [2.75, 3.05) is 0 Å². The van der Waals surface area contributed by atoms with Crippen LogP contribution in [0.5, 0.6) is 0 Å². The van der Waals surface area contributed by atoms with Gasteiger partial charge in [0.05, 0.1) is 0 Å². The molecule has 0 aromatic heterocycles. The highest BCUT2D eigenvalue weighted by molar-refractivity contribution is 5.75. The second kappa shape index (κ2) is 4.80. The van der Waals surface area contributed by atoms with Crippen LogP contribution < -0.4 is 0 Å². The van der Waals surface area contributed by atoms with E-state index in [9.17, 15) is 0 Å². The number of allylic oxidation sites excluding steroid dienone is 3. The third kappa shape index (κ3) is 2.35. The van der Waals surface area contributed by atoms with Crippen molar-refractivity contribution < 1.29 is 0 Å². The lowest BCUT2D eigenvalue weighted by molar-refractivity contribution is 1.14. The monoisotopic (exact) mass is 186 g/mol. The summed E-state index contributed by atoms with van der Waals surface area (Å²) in [5, 5.41) is 0. The molecule has 1 rings (SSSR count). The zero-order valence-corrected chi connectivity index (χ0v) is 9.30. The standard InChI is InChI=1S/C14H18/c1-5-12-7-9-13(10-8-12)14(6-2)11(3)4/h6-10H,2,5H2,1,3-4H3. The van der Waals surface area contributed by atoms with Crippen LogP contribution in [0.4, 0.5) is 0 Å². The van der Waals surface area contributed by atoms with Crippen molar-refractivity contribution in [2.24, 2.45) is 0 Å². The van der Waals surface area contributed by atoms with Crippen molar-refractivity contribution in [3.63, 3.8) is 0 Å². The summed E-state index contributed by atoms with van der Waals surface area (Å²) >= 11 is 0. The molecule has 0 heteroatoms. The summed E-state index contributed by atoms with van der Waals surface area (Å²) in [6.45, 7) is 10.2. The van der Waals surface area contributed by atoms with Gasteiger partial charge in [-0.15, -0.1) is 0 Å². The quantitative estimate of drug-likeness (QED) is 0.620. The Kier molecular flexibility index (Phi) is 3.70. The van der Waals surface area contributed by atoms with E-state index in [-0.39, 0.29) is 0 Å². The summed E-state index contributed by atoms with van der Waals surface area (Å²) < 4.78 is 0. The molecule has 0 N–H and O–H groups in total. The summed E-state index contributed by atoms with van der Waals surface area (Å²) in [5.41, 5.74) is 5.19. The third-order valence-corrected chi connectivity index (χ3v) is 2.42. The zero-order chi connectivity index (χ0) is 10.6. The maximum Gasteiger partial charge on any atom is -0.0185 e. The lowest BCUT2D eigenvalue weighted by Crippen LogP contribution is -1.85. The lowest BCUT2D eigenvalue weighted by Gasteiger charge is -2.05. The maximum atomic E-state index is 3.84. The van der Waals surface area contributed by atoms with Crippen LogP contribution in [0.3, 0.4) is 0 Å². The maximum absolute atomic E-state index is 3.84. The van der Waals surface area contributed by atoms with Crippen LogP contribution in [0.2, 0.25) is 0 Å². The van der Waals surface area contributed by atoms with Gasteiger partial charge in [-0.25, -0.2) is 0 Å². The molecule has 0 radical (unpaired) electrons. The van der Waals surface area contributed by atoms with E-state index in [0.717, 1.165) is 6.42 Å². The molecule has 14 heavy (non-hydrogen) atoms. The first-order valence-electron chi connectivity index (χ1n) is 5.08. The summed E-state index contributed by atoms with van der Waals surface area (Å²) in [6.07, 6.45) is 3.02. The average Bonchev–Trinajstić information content (AvgIpc) is 2.19. The highest BCUT2D eigenvalue weighted by Crippen LogP contribution is 2.20. The lowest BCUT2D eigenvalue weighted by atomic mass is 10.00. The number of hydrogen-bond donors (Lipinski definition) is 0. The average molecular weight is 186 g/mol. The number of hydrogen-bond acceptors (Lipinski definition) is 0. The van der Waals surface area contributed by atoms with Crippen LogP contribution in [0, 0.1) is 0 Å². The Labute approximate surface area is 87.0 Å². The Bertz CT molecular complexity index is 335. The normalized spacial score (nSPS) is 9.64. The van der Waals surface area contributed by atoms with Crippen LogP contribution in [0.15, 0.2) is 42.5 Å². The van der Waals surface area contributed by atoms with Crippen LogP contribution in [0.1, 0.15) is 31.9 Å². The molecule has 0 saturated carbocycles. The van der Waals surface area contributed by atoms with E-state index in [1.54, 1.807) is 0 Å². The SMILES string of the molecule is C=CC(=C(C)C)c1ccc(CC)cc1. The molecule has 0 amide bonds. The molecule has 0 aliphatic carbocycles. The van der Waals surface area contributed by atoms with E-state index >= 15 is 0 Å². The van der Waals surface area contributed by atoms with E-state index in [1.807, 2.05) is 6.08 Å². The topological polar surface area (TPSA) is 0 Å². The number of rotatable bonds is 3. The van der Waals surface area contributed by atoms with E-state index in [0.29, 0.717) is 0 Å². The molecule has 0 heterocycles. The van der Waals surface area contributed by atoms with Crippen molar-refractivity contribution in [3.05, 3.63) is 53.6 Å². The fourth-order valence-corrected chi connectivity index (χ4v) is 1.53. The second-order valence-corrected chi connectivity index (χ2v) is 3.67. The Morgan fingerprint density at radius 2 is 1.79 bits per heavy atom. The molecule has 74 valence electrons. The molecule has 0 atom stereocenters. The minimum atomic E-state index is 1.10. The van der Waals surface area contributed by atoms with Crippen molar-refractivity contribution in [1.29, 1.82) is 0 Å².